The van der Waals surface area contributed by atoms with E-state index in [4.69, 9.17) is 10.4 Å². The van der Waals surface area contributed by atoms with E-state index in [0.717, 1.165) is 0 Å². The number of nitriles is 1. The van der Waals surface area contributed by atoms with Crippen LogP contribution in [0.2, 0.25) is 0 Å². The highest BCUT2D eigenvalue weighted by atomic mass is 16.4. The number of carboxylic acids is 1. The lowest BCUT2D eigenvalue weighted by Gasteiger charge is -2.21. The zero-order valence-electron chi connectivity index (χ0n) is 10.9. The number of carbonyl (C=O) groups is 2. The highest BCUT2D eigenvalue weighted by Crippen LogP contribution is 2.25. The Kier molecular flexibility index (Phi) is 4.65. The van der Waals surface area contributed by atoms with E-state index < -0.39 is 11.4 Å². The summed E-state index contributed by atoms with van der Waals surface area (Å²) in [5, 5.41) is 20.1. The van der Waals surface area contributed by atoms with Crippen molar-refractivity contribution in [3.8, 4) is 6.07 Å². The lowest BCUT2D eigenvalue weighted by Crippen LogP contribution is -2.24. The summed E-state index contributed by atoms with van der Waals surface area (Å²) in [5.41, 5.74) is 0.516. The summed E-state index contributed by atoms with van der Waals surface area (Å²) >= 11 is 0. The molecular weight excluding hydrogens is 244 g/mol. The standard InChI is InChI=1S/C14H16N2O3/c1-14(2,8-13(18)19)7-12(17)16-11-5-3-10(9-15)4-6-11/h3-6H,7-8H2,1-2H3,(H,16,17)(H,18,19). The van der Waals surface area contributed by atoms with Crippen LogP contribution in [0.5, 0.6) is 0 Å². The maximum atomic E-state index is 11.8. The Morgan fingerprint density at radius 1 is 1.26 bits per heavy atom. The van der Waals surface area contributed by atoms with Crippen LogP contribution in [0.3, 0.4) is 0 Å². The number of nitrogens with one attached hydrogen (secondary N) is 1. The molecule has 0 bridgehead atoms. The molecule has 1 rings (SSSR count). The molecular formula is C14H16N2O3. The minimum absolute atomic E-state index is 0.0617. The molecule has 0 fully saturated rings. The van der Waals surface area contributed by atoms with Gasteiger partial charge in [0.15, 0.2) is 0 Å². The molecule has 0 saturated carbocycles. The third kappa shape index (κ3) is 5.21. The van der Waals surface area contributed by atoms with Crippen molar-refractivity contribution in [3.63, 3.8) is 0 Å². The van der Waals surface area contributed by atoms with Gasteiger partial charge in [0.2, 0.25) is 5.91 Å². The van der Waals surface area contributed by atoms with E-state index in [1.807, 2.05) is 6.07 Å². The van der Waals surface area contributed by atoms with Gasteiger partial charge in [0.1, 0.15) is 0 Å². The van der Waals surface area contributed by atoms with Gasteiger partial charge in [-0.05, 0) is 29.7 Å². The summed E-state index contributed by atoms with van der Waals surface area (Å²) in [4.78, 5) is 22.5. The Hall–Kier alpha value is -2.35. The predicted octanol–water partition coefficient (Wildman–Crippen LogP) is 2.39. The van der Waals surface area contributed by atoms with Gasteiger partial charge in [-0.2, -0.15) is 5.26 Å². The molecule has 1 aromatic rings. The number of hydrogen-bond acceptors (Lipinski definition) is 3. The van der Waals surface area contributed by atoms with Crippen LogP contribution in [-0.2, 0) is 9.59 Å². The number of hydrogen-bond donors (Lipinski definition) is 2. The number of nitrogens with zero attached hydrogens (tertiary/aromatic N) is 1. The normalized spacial score (nSPS) is 10.6. The van der Waals surface area contributed by atoms with Gasteiger partial charge in [-0.3, -0.25) is 9.59 Å². The van der Waals surface area contributed by atoms with Crippen molar-refractivity contribution in [3.05, 3.63) is 29.8 Å². The number of carbonyl (C=O) groups excluding carboxylic acids is 1. The van der Waals surface area contributed by atoms with Gasteiger partial charge in [-0.25, -0.2) is 0 Å². The molecule has 1 amide bonds. The first-order valence-electron chi connectivity index (χ1n) is 5.84. The van der Waals surface area contributed by atoms with Crippen molar-refractivity contribution in [2.24, 2.45) is 5.41 Å². The van der Waals surface area contributed by atoms with Crippen LogP contribution in [0, 0.1) is 16.7 Å². The fourth-order valence-electron chi connectivity index (χ4n) is 1.74. The molecule has 0 heterocycles. The first kappa shape index (κ1) is 14.7. The Balaban J connectivity index is 2.60. The predicted molar refractivity (Wildman–Crippen MR) is 70.4 cm³/mol. The zero-order valence-corrected chi connectivity index (χ0v) is 10.9. The summed E-state index contributed by atoms with van der Waals surface area (Å²) < 4.78 is 0. The van der Waals surface area contributed by atoms with Crippen LogP contribution in [-0.4, -0.2) is 17.0 Å². The summed E-state index contributed by atoms with van der Waals surface area (Å²) in [5.74, 6) is -1.16. The van der Waals surface area contributed by atoms with E-state index >= 15 is 0 Å². The van der Waals surface area contributed by atoms with Gasteiger partial charge in [0, 0.05) is 12.1 Å². The summed E-state index contributed by atoms with van der Waals surface area (Å²) in [6.45, 7) is 3.47. The molecule has 5 nitrogen and oxygen atoms in total. The first-order valence-corrected chi connectivity index (χ1v) is 5.84. The third-order valence-corrected chi connectivity index (χ3v) is 2.57. The van der Waals surface area contributed by atoms with Gasteiger partial charge in [-0.15, -0.1) is 0 Å². The quantitative estimate of drug-likeness (QED) is 0.850. The van der Waals surface area contributed by atoms with E-state index in [-0.39, 0.29) is 18.7 Å². The third-order valence-electron chi connectivity index (χ3n) is 2.57. The smallest absolute Gasteiger partial charge is 0.303 e. The molecule has 0 saturated heterocycles. The lowest BCUT2D eigenvalue weighted by atomic mass is 9.85. The number of rotatable bonds is 5. The van der Waals surface area contributed by atoms with Gasteiger partial charge < -0.3 is 10.4 Å². The molecule has 5 heteroatoms. The van der Waals surface area contributed by atoms with E-state index in [1.165, 1.54) is 0 Å². The van der Waals surface area contributed by atoms with Crippen molar-refractivity contribution < 1.29 is 14.7 Å². The first-order chi connectivity index (χ1) is 8.82. The van der Waals surface area contributed by atoms with Gasteiger partial charge >= 0.3 is 5.97 Å². The number of benzene rings is 1. The van der Waals surface area contributed by atoms with Crippen molar-refractivity contribution in [1.82, 2.24) is 0 Å². The van der Waals surface area contributed by atoms with Gasteiger partial charge in [-0.1, -0.05) is 13.8 Å². The fraction of sp³-hybridized carbons (Fsp3) is 0.357. The average molecular weight is 260 g/mol. The number of anilines is 1. The molecule has 2 N–H and O–H groups in total. The maximum absolute atomic E-state index is 11.8. The molecule has 19 heavy (non-hydrogen) atoms. The molecule has 100 valence electrons. The van der Waals surface area contributed by atoms with Crippen molar-refractivity contribution in [2.45, 2.75) is 26.7 Å². The molecule has 0 aliphatic rings. The largest absolute Gasteiger partial charge is 0.481 e. The van der Waals surface area contributed by atoms with Crippen LogP contribution in [0.15, 0.2) is 24.3 Å². The summed E-state index contributed by atoms with van der Waals surface area (Å²) in [6.07, 6.45) is 0.0626. The zero-order chi connectivity index (χ0) is 14.5. The fourth-order valence-corrected chi connectivity index (χ4v) is 1.74. The second-order valence-electron chi connectivity index (χ2n) is 5.15. The highest BCUT2D eigenvalue weighted by Gasteiger charge is 2.25. The van der Waals surface area contributed by atoms with Gasteiger partial charge in [0.25, 0.3) is 0 Å². The maximum Gasteiger partial charge on any atom is 0.303 e. The van der Waals surface area contributed by atoms with Crippen molar-refractivity contribution in [1.29, 1.82) is 5.26 Å². The molecule has 0 radical (unpaired) electrons. The number of aliphatic carboxylic acids is 1. The minimum atomic E-state index is -0.920. The Morgan fingerprint density at radius 2 is 1.84 bits per heavy atom. The highest BCUT2D eigenvalue weighted by molar-refractivity contribution is 5.91. The lowest BCUT2D eigenvalue weighted by molar-refractivity contribution is -0.139. The van der Waals surface area contributed by atoms with Crippen LogP contribution in [0.4, 0.5) is 5.69 Å². The minimum Gasteiger partial charge on any atom is -0.481 e. The van der Waals surface area contributed by atoms with Crippen molar-refractivity contribution >= 4 is 17.6 Å². The van der Waals surface area contributed by atoms with E-state index in [9.17, 15) is 9.59 Å². The molecule has 0 aliphatic carbocycles. The second-order valence-corrected chi connectivity index (χ2v) is 5.15. The molecule has 0 atom stereocenters. The topological polar surface area (TPSA) is 90.2 Å². The van der Waals surface area contributed by atoms with Gasteiger partial charge in [0.05, 0.1) is 18.1 Å². The molecule has 1 aromatic carbocycles. The number of carboxylic acid groups (broad SMARTS) is 1. The summed E-state index contributed by atoms with van der Waals surface area (Å²) in [7, 11) is 0. The van der Waals surface area contributed by atoms with E-state index in [0.29, 0.717) is 11.3 Å². The Labute approximate surface area is 111 Å². The molecule has 0 spiro atoms. The van der Waals surface area contributed by atoms with Crippen LogP contribution >= 0.6 is 0 Å². The average Bonchev–Trinajstić information content (AvgIpc) is 2.27. The monoisotopic (exact) mass is 260 g/mol. The molecule has 0 unspecified atom stereocenters. The van der Waals surface area contributed by atoms with E-state index in [2.05, 4.69) is 5.32 Å². The summed E-state index contributed by atoms with van der Waals surface area (Å²) in [6, 6.07) is 8.49. The Bertz CT molecular complexity index is 512. The van der Waals surface area contributed by atoms with Crippen LogP contribution < -0.4 is 5.32 Å². The SMILES string of the molecule is CC(C)(CC(=O)O)CC(=O)Nc1ccc(C#N)cc1. The number of amides is 1. The van der Waals surface area contributed by atoms with Crippen LogP contribution in [0.1, 0.15) is 32.3 Å². The second kappa shape index (κ2) is 6.01. The molecule has 0 aliphatic heterocycles. The van der Waals surface area contributed by atoms with Crippen LogP contribution in [0.25, 0.3) is 0 Å². The Morgan fingerprint density at radius 3 is 2.32 bits per heavy atom. The van der Waals surface area contributed by atoms with E-state index in [1.54, 1.807) is 38.1 Å². The molecule has 0 aromatic heterocycles. The van der Waals surface area contributed by atoms with Crippen molar-refractivity contribution in [2.75, 3.05) is 5.32 Å².